The van der Waals surface area contributed by atoms with Crippen molar-refractivity contribution in [2.75, 3.05) is 13.7 Å². The van der Waals surface area contributed by atoms with E-state index in [1.165, 1.54) is 51.3 Å². The minimum atomic E-state index is -0.635. The third kappa shape index (κ3) is 4.04. The first-order chi connectivity index (χ1) is 9.70. The quantitative estimate of drug-likeness (QED) is 0.841. The van der Waals surface area contributed by atoms with Gasteiger partial charge in [-0.25, -0.2) is 9.18 Å². The number of benzene rings is 1. The number of ether oxygens (including phenoxy) is 1. The van der Waals surface area contributed by atoms with Gasteiger partial charge < -0.3 is 10.1 Å². The van der Waals surface area contributed by atoms with Crippen LogP contribution in [0.25, 0.3) is 0 Å². The molecule has 0 aromatic heterocycles. The zero-order valence-electron chi connectivity index (χ0n) is 12.0. The number of carbonyl (C=O) groups excluding carboxylic acids is 1. The van der Waals surface area contributed by atoms with Crippen LogP contribution in [0.4, 0.5) is 4.39 Å². The maximum atomic E-state index is 13.7. The number of rotatable bonds is 5. The molecule has 0 bridgehead atoms. The molecule has 1 aromatic carbocycles. The van der Waals surface area contributed by atoms with E-state index in [9.17, 15) is 9.18 Å². The van der Waals surface area contributed by atoms with Gasteiger partial charge in [-0.05, 0) is 43.0 Å². The second-order valence-corrected chi connectivity index (χ2v) is 5.44. The molecule has 20 heavy (non-hydrogen) atoms. The summed E-state index contributed by atoms with van der Waals surface area (Å²) in [5, 5.41) is 3.38. The van der Waals surface area contributed by atoms with Gasteiger partial charge in [0, 0.05) is 6.54 Å². The first kappa shape index (κ1) is 15.0. The molecule has 0 radical (unpaired) electrons. The predicted molar refractivity (Wildman–Crippen MR) is 76.0 cm³/mol. The Hall–Kier alpha value is -1.42. The van der Waals surface area contributed by atoms with Crippen LogP contribution in [-0.4, -0.2) is 19.6 Å². The number of hydrogen-bond donors (Lipinski definition) is 1. The normalized spacial score (nSPS) is 16.1. The lowest BCUT2D eigenvalue weighted by atomic mass is 9.89. The lowest BCUT2D eigenvalue weighted by Crippen LogP contribution is -2.24. The first-order valence-corrected chi connectivity index (χ1v) is 7.28. The number of carbonyl (C=O) groups is 1. The van der Waals surface area contributed by atoms with Crippen LogP contribution in [-0.2, 0) is 11.3 Å². The van der Waals surface area contributed by atoms with Gasteiger partial charge in [-0.3, -0.25) is 0 Å². The maximum absolute atomic E-state index is 13.7. The Balaban J connectivity index is 1.84. The molecule has 0 amide bonds. The number of methoxy groups -OCH3 is 1. The third-order valence-electron chi connectivity index (χ3n) is 3.93. The van der Waals surface area contributed by atoms with E-state index in [1.807, 2.05) is 0 Å². The number of hydrogen-bond acceptors (Lipinski definition) is 3. The second-order valence-electron chi connectivity index (χ2n) is 5.44. The summed E-state index contributed by atoms with van der Waals surface area (Å²) in [5.41, 5.74) is 0.842. The van der Waals surface area contributed by atoms with Crippen molar-refractivity contribution in [3.8, 4) is 0 Å². The molecule has 1 saturated carbocycles. The standard InChI is InChI=1S/C16H22FNO2/c1-20-16(19)14-8-7-13(9-15(14)17)11-18-10-12-5-3-2-4-6-12/h7-9,12,18H,2-6,10-11H2,1H3. The molecule has 3 nitrogen and oxygen atoms in total. The highest BCUT2D eigenvalue weighted by Gasteiger charge is 2.14. The van der Waals surface area contributed by atoms with E-state index in [1.54, 1.807) is 6.07 Å². The average Bonchev–Trinajstić information content (AvgIpc) is 2.48. The minimum absolute atomic E-state index is 0.0106. The molecule has 0 spiro atoms. The molecule has 0 heterocycles. The SMILES string of the molecule is COC(=O)c1ccc(CNCC2CCCCC2)cc1F. The summed E-state index contributed by atoms with van der Waals surface area (Å²) in [6.45, 7) is 1.62. The van der Waals surface area contributed by atoms with Crippen molar-refractivity contribution in [1.29, 1.82) is 0 Å². The Morgan fingerprint density at radius 2 is 2.10 bits per heavy atom. The van der Waals surface area contributed by atoms with Crippen LogP contribution in [0.15, 0.2) is 18.2 Å². The molecule has 0 aliphatic heterocycles. The molecule has 1 fully saturated rings. The van der Waals surface area contributed by atoms with Crippen LogP contribution in [0.2, 0.25) is 0 Å². The average molecular weight is 279 g/mol. The predicted octanol–water partition coefficient (Wildman–Crippen LogP) is 3.28. The van der Waals surface area contributed by atoms with Crippen molar-refractivity contribution in [1.82, 2.24) is 5.32 Å². The zero-order chi connectivity index (χ0) is 14.4. The van der Waals surface area contributed by atoms with Crippen molar-refractivity contribution in [2.24, 2.45) is 5.92 Å². The van der Waals surface area contributed by atoms with Gasteiger partial charge in [0.2, 0.25) is 0 Å². The van der Waals surface area contributed by atoms with Crippen molar-refractivity contribution in [3.05, 3.63) is 35.1 Å². The fourth-order valence-corrected chi connectivity index (χ4v) is 2.76. The fourth-order valence-electron chi connectivity index (χ4n) is 2.76. The smallest absolute Gasteiger partial charge is 0.340 e. The van der Waals surface area contributed by atoms with Crippen molar-refractivity contribution in [2.45, 2.75) is 38.6 Å². The van der Waals surface area contributed by atoms with Crippen LogP contribution >= 0.6 is 0 Å². The molecular formula is C16H22FNO2. The van der Waals surface area contributed by atoms with E-state index in [4.69, 9.17) is 0 Å². The van der Waals surface area contributed by atoms with E-state index in [-0.39, 0.29) is 5.56 Å². The van der Waals surface area contributed by atoms with Crippen molar-refractivity contribution in [3.63, 3.8) is 0 Å². The van der Waals surface area contributed by atoms with Gasteiger partial charge in [-0.15, -0.1) is 0 Å². The first-order valence-electron chi connectivity index (χ1n) is 7.28. The highest BCUT2D eigenvalue weighted by Crippen LogP contribution is 2.22. The van der Waals surface area contributed by atoms with Gasteiger partial charge in [0.05, 0.1) is 12.7 Å². The Labute approximate surface area is 119 Å². The molecule has 4 heteroatoms. The van der Waals surface area contributed by atoms with E-state index < -0.39 is 11.8 Å². The van der Waals surface area contributed by atoms with E-state index in [2.05, 4.69) is 10.1 Å². The summed E-state index contributed by atoms with van der Waals surface area (Å²) in [5.74, 6) is -0.402. The topological polar surface area (TPSA) is 38.3 Å². The largest absolute Gasteiger partial charge is 0.465 e. The number of esters is 1. The Kier molecular flexibility index (Phi) is 5.53. The lowest BCUT2D eigenvalue weighted by molar-refractivity contribution is 0.0595. The summed E-state index contributed by atoms with van der Waals surface area (Å²) >= 11 is 0. The molecule has 0 saturated heterocycles. The fraction of sp³-hybridized carbons (Fsp3) is 0.562. The van der Waals surface area contributed by atoms with Crippen molar-refractivity contribution < 1.29 is 13.9 Å². The molecule has 1 aliphatic rings. The summed E-state index contributed by atoms with van der Waals surface area (Å²) < 4.78 is 18.3. The molecule has 0 atom stereocenters. The molecule has 1 aliphatic carbocycles. The van der Waals surface area contributed by atoms with Gasteiger partial charge >= 0.3 is 5.97 Å². The second kappa shape index (κ2) is 7.39. The summed E-state index contributed by atoms with van der Waals surface area (Å²) in [6.07, 6.45) is 6.60. The molecule has 2 rings (SSSR count). The molecule has 1 aromatic rings. The van der Waals surface area contributed by atoms with Gasteiger partial charge in [-0.2, -0.15) is 0 Å². The summed E-state index contributed by atoms with van der Waals surface area (Å²) in [7, 11) is 1.25. The molecule has 1 N–H and O–H groups in total. The lowest BCUT2D eigenvalue weighted by Gasteiger charge is -2.21. The monoisotopic (exact) mass is 279 g/mol. The number of nitrogens with one attached hydrogen (secondary N) is 1. The summed E-state index contributed by atoms with van der Waals surface area (Å²) in [6, 6.07) is 4.65. The number of halogens is 1. The summed E-state index contributed by atoms with van der Waals surface area (Å²) in [4.78, 5) is 11.3. The van der Waals surface area contributed by atoms with Crippen LogP contribution in [0.1, 0.15) is 48.0 Å². The molecule has 110 valence electrons. The van der Waals surface area contributed by atoms with E-state index >= 15 is 0 Å². The molecule has 0 unspecified atom stereocenters. The zero-order valence-corrected chi connectivity index (χ0v) is 12.0. The van der Waals surface area contributed by atoms with Gasteiger partial charge in [0.15, 0.2) is 0 Å². The maximum Gasteiger partial charge on any atom is 0.340 e. The van der Waals surface area contributed by atoms with Gasteiger partial charge in [0.1, 0.15) is 5.82 Å². The van der Waals surface area contributed by atoms with Gasteiger partial charge in [0.25, 0.3) is 0 Å². The highest BCUT2D eigenvalue weighted by atomic mass is 19.1. The third-order valence-corrected chi connectivity index (χ3v) is 3.93. The van der Waals surface area contributed by atoms with Crippen LogP contribution in [0, 0.1) is 11.7 Å². The Morgan fingerprint density at radius 1 is 1.35 bits per heavy atom. The van der Waals surface area contributed by atoms with Crippen LogP contribution < -0.4 is 5.32 Å². The van der Waals surface area contributed by atoms with E-state index in [0.29, 0.717) is 6.54 Å². The van der Waals surface area contributed by atoms with E-state index in [0.717, 1.165) is 18.0 Å². The Morgan fingerprint density at radius 3 is 2.75 bits per heavy atom. The Bertz CT molecular complexity index is 456. The molecular weight excluding hydrogens is 257 g/mol. The van der Waals surface area contributed by atoms with Crippen LogP contribution in [0.5, 0.6) is 0 Å². The van der Waals surface area contributed by atoms with Crippen molar-refractivity contribution >= 4 is 5.97 Å². The van der Waals surface area contributed by atoms with Crippen LogP contribution in [0.3, 0.4) is 0 Å². The minimum Gasteiger partial charge on any atom is -0.465 e. The van der Waals surface area contributed by atoms with Gasteiger partial charge in [-0.1, -0.05) is 25.3 Å². The highest BCUT2D eigenvalue weighted by molar-refractivity contribution is 5.89.